The Morgan fingerprint density at radius 3 is 2.82 bits per heavy atom. The van der Waals surface area contributed by atoms with Crippen LogP contribution < -0.4 is 10.9 Å². The second-order valence-electron chi connectivity index (χ2n) is 9.04. The summed E-state index contributed by atoms with van der Waals surface area (Å²) >= 11 is 0. The number of piperidine rings is 1. The van der Waals surface area contributed by atoms with Gasteiger partial charge in [0.2, 0.25) is 0 Å². The van der Waals surface area contributed by atoms with Crippen LogP contribution in [-0.2, 0) is 6.54 Å². The average molecular weight is 381 g/mol. The molecule has 0 radical (unpaired) electrons. The summed E-state index contributed by atoms with van der Waals surface area (Å²) in [5, 5.41) is 5.04. The predicted octanol–water partition coefficient (Wildman–Crippen LogP) is 2.76. The van der Waals surface area contributed by atoms with Crippen molar-refractivity contribution in [2.24, 2.45) is 5.92 Å². The number of hydrogen-bond acceptors (Lipinski definition) is 5. The van der Waals surface area contributed by atoms with E-state index in [1.807, 2.05) is 0 Å². The van der Waals surface area contributed by atoms with E-state index in [-0.39, 0.29) is 6.04 Å². The summed E-state index contributed by atoms with van der Waals surface area (Å²) in [6, 6.07) is 9.51. The van der Waals surface area contributed by atoms with Crippen LogP contribution in [0.1, 0.15) is 66.8 Å². The zero-order valence-electron chi connectivity index (χ0n) is 17.1. The van der Waals surface area contributed by atoms with Crippen molar-refractivity contribution in [2.45, 2.75) is 63.6 Å². The summed E-state index contributed by atoms with van der Waals surface area (Å²) in [5.74, 6) is 3.25. The number of fused-ring (bicyclic) bond motifs is 1. The minimum atomic E-state index is 0.222. The third kappa shape index (κ3) is 3.49. The maximum absolute atomic E-state index is 5.14. The number of benzene rings is 1. The van der Waals surface area contributed by atoms with Crippen molar-refractivity contribution in [2.75, 3.05) is 20.1 Å². The first-order valence-electron chi connectivity index (χ1n) is 10.9. The lowest BCUT2D eigenvalue weighted by Gasteiger charge is -2.33. The Balaban J connectivity index is 1.48. The van der Waals surface area contributed by atoms with Gasteiger partial charge in [0.05, 0.1) is 12.6 Å². The SMILES string of the molecule is Cc1cccc(Cn2nc(C3CCCC3)nc2C2NNC3CCN(C)CC32)c1. The lowest BCUT2D eigenvalue weighted by molar-refractivity contribution is 0.182. The van der Waals surface area contributed by atoms with Gasteiger partial charge in [0.1, 0.15) is 5.82 Å². The number of hydrogen-bond donors (Lipinski definition) is 2. The molecule has 1 aromatic carbocycles. The van der Waals surface area contributed by atoms with Crippen LogP contribution in [0.15, 0.2) is 24.3 Å². The van der Waals surface area contributed by atoms with Crippen molar-refractivity contribution >= 4 is 0 Å². The minimum absolute atomic E-state index is 0.222. The highest BCUT2D eigenvalue weighted by Gasteiger charge is 2.42. The average Bonchev–Trinajstić information content (AvgIpc) is 3.40. The molecule has 2 aromatic rings. The topological polar surface area (TPSA) is 58.0 Å². The van der Waals surface area contributed by atoms with Crippen molar-refractivity contribution in [3.8, 4) is 0 Å². The predicted molar refractivity (Wildman–Crippen MR) is 110 cm³/mol. The largest absolute Gasteiger partial charge is 0.306 e. The van der Waals surface area contributed by atoms with Crippen LogP contribution in [0.5, 0.6) is 0 Å². The maximum Gasteiger partial charge on any atom is 0.154 e. The van der Waals surface area contributed by atoms with Crippen molar-refractivity contribution in [3.05, 3.63) is 47.0 Å². The molecule has 3 fully saturated rings. The van der Waals surface area contributed by atoms with Gasteiger partial charge in [-0.05, 0) is 45.3 Å². The minimum Gasteiger partial charge on any atom is -0.306 e. The van der Waals surface area contributed by atoms with Gasteiger partial charge in [-0.15, -0.1) is 0 Å². The number of aryl methyl sites for hydroxylation is 1. The van der Waals surface area contributed by atoms with E-state index in [1.165, 1.54) is 43.2 Å². The molecule has 1 aromatic heterocycles. The molecule has 2 N–H and O–H groups in total. The molecule has 3 heterocycles. The van der Waals surface area contributed by atoms with Gasteiger partial charge in [-0.1, -0.05) is 42.7 Å². The Hall–Kier alpha value is -1.76. The smallest absolute Gasteiger partial charge is 0.154 e. The molecule has 3 unspecified atom stereocenters. The van der Waals surface area contributed by atoms with Gasteiger partial charge in [0.15, 0.2) is 5.82 Å². The number of aromatic nitrogens is 3. The van der Waals surface area contributed by atoms with Crippen molar-refractivity contribution < 1.29 is 0 Å². The third-order valence-corrected chi connectivity index (χ3v) is 6.84. The highest BCUT2D eigenvalue weighted by molar-refractivity contribution is 5.23. The highest BCUT2D eigenvalue weighted by Crippen LogP contribution is 2.36. The Bertz CT molecular complexity index is 824. The molecule has 6 nitrogen and oxygen atoms in total. The normalized spacial score (nSPS) is 28.7. The van der Waals surface area contributed by atoms with Crippen LogP contribution in [0.3, 0.4) is 0 Å². The second-order valence-corrected chi connectivity index (χ2v) is 9.04. The summed E-state index contributed by atoms with van der Waals surface area (Å²) in [6.07, 6.45) is 6.28. The fourth-order valence-electron chi connectivity index (χ4n) is 5.29. The Morgan fingerprint density at radius 1 is 1.14 bits per heavy atom. The van der Waals surface area contributed by atoms with Gasteiger partial charge < -0.3 is 4.90 Å². The lowest BCUT2D eigenvalue weighted by Crippen LogP contribution is -2.43. The highest BCUT2D eigenvalue weighted by atomic mass is 15.5. The van der Waals surface area contributed by atoms with Crippen LogP contribution in [0.4, 0.5) is 0 Å². The molecule has 1 aliphatic carbocycles. The van der Waals surface area contributed by atoms with Gasteiger partial charge in [0, 0.05) is 24.4 Å². The summed E-state index contributed by atoms with van der Waals surface area (Å²) < 4.78 is 2.18. The molecule has 2 aliphatic heterocycles. The first-order chi connectivity index (χ1) is 13.7. The number of hydrazine groups is 1. The van der Waals surface area contributed by atoms with Gasteiger partial charge in [-0.3, -0.25) is 5.43 Å². The van der Waals surface area contributed by atoms with Crippen molar-refractivity contribution in [3.63, 3.8) is 0 Å². The van der Waals surface area contributed by atoms with Crippen molar-refractivity contribution in [1.29, 1.82) is 0 Å². The number of nitrogens with one attached hydrogen (secondary N) is 2. The summed E-state index contributed by atoms with van der Waals surface area (Å²) in [7, 11) is 2.23. The standard InChI is InChI=1S/C22H32N6/c1-15-6-5-7-16(12-15)13-28-22(23-21(26-28)17-8-3-4-9-17)20-18-14-27(2)11-10-19(18)24-25-20/h5-7,12,17-20,24-25H,3-4,8-11,13-14H2,1-2H3. The molecule has 6 heteroatoms. The molecule has 0 amide bonds. The first kappa shape index (κ1) is 18.3. The van der Waals surface area contributed by atoms with Crippen LogP contribution in [0.2, 0.25) is 0 Å². The number of nitrogens with zero attached hydrogens (tertiary/aromatic N) is 4. The third-order valence-electron chi connectivity index (χ3n) is 6.84. The molecule has 150 valence electrons. The monoisotopic (exact) mass is 380 g/mol. The quantitative estimate of drug-likeness (QED) is 0.854. The second kappa shape index (κ2) is 7.58. The van der Waals surface area contributed by atoms with E-state index in [0.29, 0.717) is 17.9 Å². The molecule has 3 aliphatic rings. The van der Waals surface area contributed by atoms with E-state index < -0.39 is 0 Å². The lowest BCUT2D eigenvalue weighted by atomic mass is 9.88. The zero-order chi connectivity index (χ0) is 19.1. The van der Waals surface area contributed by atoms with E-state index in [1.54, 1.807) is 0 Å². The number of likely N-dealkylation sites (tertiary alicyclic amines) is 1. The Labute approximate surface area is 167 Å². The molecule has 0 bridgehead atoms. The van der Waals surface area contributed by atoms with E-state index in [9.17, 15) is 0 Å². The molecular formula is C22H32N6. The van der Waals surface area contributed by atoms with Crippen LogP contribution in [0.25, 0.3) is 0 Å². The Morgan fingerprint density at radius 2 is 2.00 bits per heavy atom. The Kier molecular flexibility index (Phi) is 4.95. The fraction of sp³-hybridized carbons (Fsp3) is 0.636. The molecular weight excluding hydrogens is 348 g/mol. The molecule has 0 spiro atoms. The first-order valence-corrected chi connectivity index (χ1v) is 10.9. The molecule has 2 saturated heterocycles. The van der Waals surface area contributed by atoms with Crippen molar-refractivity contribution in [1.82, 2.24) is 30.5 Å². The van der Waals surface area contributed by atoms with E-state index in [0.717, 1.165) is 31.3 Å². The molecule has 1 saturated carbocycles. The van der Waals surface area contributed by atoms with Gasteiger partial charge >= 0.3 is 0 Å². The zero-order valence-corrected chi connectivity index (χ0v) is 17.1. The summed E-state index contributed by atoms with van der Waals surface area (Å²) in [4.78, 5) is 7.59. The van der Waals surface area contributed by atoms with Gasteiger partial charge in [-0.25, -0.2) is 15.1 Å². The van der Waals surface area contributed by atoms with E-state index in [2.05, 4.69) is 58.7 Å². The van der Waals surface area contributed by atoms with Gasteiger partial charge in [-0.2, -0.15) is 5.10 Å². The molecule has 5 rings (SSSR count). The van der Waals surface area contributed by atoms with E-state index in [4.69, 9.17) is 10.1 Å². The van der Waals surface area contributed by atoms with Crippen LogP contribution in [0, 0.1) is 12.8 Å². The number of rotatable bonds is 4. The fourth-order valence-corrected chi connectivity index (χ4v) is 5.29. The van der Waals surface area contributed by atoms with E-state index >= 15 is 0 Å². The molecule has 3 atom stereocenters. The molecule has 28 heavy (non-hydrogen) atoms. The summed E-state index contributed by atoms with van der Waals surface area (Å²) in [5.41, 5.74) is 9.72. The van der Waals surface area contributed by atoms with Crippen LogP contribution in [-0.4, -0.2) is 45.8 Å². The maximum atomic E-state index is 5.14. The van der Waals surface area contributed by atoms with Crippen LogP contribution >= 0.6 is 0 Å². The summed E-state index contributed by atoms with van der Waals surface area (Å²) in [6.45, 7) is 5.21. The van der Waals surface area contributed by atoms with Gasteiger partial charge in [0.25, 0.3) is 0 Å².